The summed E-state index contributed by atoms with van der Waals surface area (Å²) in [6, 6.07) is 61.6. The predicted molar refractivity (Wildman–Crippen MR) is 332 cm³/mol. The van der Waals surface area contributed by atoms with Gasteiger partial charge in [-0.2, -0.15) is 0 Å². The van der Waals surface area contributed by atoms with E-state index in [2.05, 4.69) is 58.3 Å². The van der Waals surface area contributed by atoms with Crippen LogP contribution in [0.4, 0.5) is 27.5 Å². The van der Waals surface area contributed by atoms with Crippen molar-refractivity contribution in [3.63, 3.8) is 0 Å². The van der Waals surface area contributed by atoms with Crippen LogP contribution in [-0.4, -0.2) is 83.5 Å². The molecule has 0 radical (unpaired) electrons. The zero-order chi connectivity index (χ0) is 60.1. The molecule has 0 fully saturated rings. The van der Waals surface area contributed by atoms with Crippen molar-refractivity contribution >= 4 is 58.9 Å². The summed E-state index contributed by atoms with van der Waals surface area (Å²) in [6.45, 7) is 7.27. The minimum atomic E-state index is -3.42. The Morgan fingerprint density at radius 2 is 0.786 bits per heavy atom. The quantitative estimate of drug-likeness (QED) is 0.0352. The maximum absolute atomic E-state index is 11.9. The summed E-state index contributed by atoms with van der Waals surface area (Å²) >= 11 is 0. The molecule has 4 N–H and O–H groups in total. The number of methoxy groups -OCH3 is 1. The van der Waals surface area contributed by atoms with E-state index in [9.17, 15) is 30.0 Å². The molecule has 0 heterocycles. The number of hydrogen-bond acceptors (Lipinski definition) is 14. The average molecular weight is 1200 g/mol. The third kappa shape index (κ3) is 21.2. The van der Waals surface area contributed by atoms with Crippen molar-refractivity contribution < 1.29 is 53.7 Å². The Hall–Kier alpha value is -8.76. The zero-order valence-corrected chi connectivity index (χ0v) is 50.1. The molecule has 8 aromatic carbocycles. The highest BCUT2D eigenvalue weighted by Gasteiger charge is 2.18. The van der Waals surface area contributed by atoms with Gasteiger partial charge in [-0.15, -0.1) is 0 Å². The van der Waals surface area contributed by atoms with Gasteiger partial charge in [0.2, 0.25) is 30.1 Å². The standard InChI is InChI=1S/C32H35N3O6S.C31H35N3O6S2/c1-24-30(34-42(3,37)38)13-8-14-31(24)35(22-25-9-5-4-6-10-25)23-26-15-17-27(18-16-26)41-29-12-7-11-28(21-29)40-20-19-33-32(36)39-2;1-24-30(33-42(3,37)38)13-8-14-31(24)34(22-25-9-5-4-6-10-25)23-26-15-17-27(18-16-26)40-29-12-7-11-28(21-29)39-20-19-32-41(2,35)36/h4-18,21,34H,19-20,22-23H2,1-3H3,(H,33,36);4-18,21,32-33H,19-20,22-23H2,1-3H3. The molecule has 84 heavy (non-hydrogen) atoms. The number of anilines is 4. The fourth-order valence-corrected chi connectivity index (χ4v) is 10.4. The third-order valence-corrected chi connectivity index (χ3v) is 14.5. The van der Waals surface area contributed by atoms with Gasteiger partial charge in [-0.3, -0.25) is 9.44 Å². The summed E-state index contributed by atoms with van der Waals surface area (Å²) in [6.07, 6.45) is 2.90. The van der Waals surface area contributed by atoms with Crippen LogP contribution in [0.2, 0.25) is 0 Å². The van der Waals surface area contributed by atoms with Crippen molar-refractivity contribution in [3.8, 4) is 34.5 Å². The van der Waals surface area contributed by atoms with Gasteiger partial charge in [-0.25, -0.2) is 34.8 Å². The number of carbonyl (C=O) groups excluding carboxylic acids is 1. The van der Waals surface area contributed by atoms with Crippen molar-refractivity contribution in [3.05, 3.63) is 228 Å². The molecule has 0 aliphatic heterocycles. The summed E-state index contributed by atoms with van der Waals surface area (Å²) < 4.78 is 106. The Bertz CT molecular complexity index is 3770. The van der Waals surface area contributed by atoms with Crippen LogP contribution in [0.1, 0.15) is 33.4 Å². The fourth-order valence-electron chi connectivity index (χ4n) is 8.70. The van der Waals surface area contributed by atoms with E-state index in [0.717, 1.165) is 63.5 Å². The number of ether oxygens (including phenoxy) is 5. The first kappa shape index (κ1) is 62.8. The van der Waals surface area contributed by atoms with Crippen LogP contribution in [-0.2, 0) is 61.0 Å². The number of carbonyl (C=O) groups is 1. The molecule has 0 bridgehead atoms. The van der Waals surface area contributed by atoms with Gasteiger partial charge in [0.25, 0.3) is 0 Å². The molecule has 0 spiro atoms. The van der Waals surface area contributed by atoms with E-state index in [1.807, 2.05) is 147 Å². The molecular formula is C63H70N6O12S3. The summed E-state index contributed by atoms with van der Waals surface area (Å²) in [5.74, 6) is 3.73. The Morgan fingerprint density at radius 1 is 0.417 bits per heavy atom. The highest BCUT2D eigenvalue weighted by molar-refractivity contribution is 7.92. The minimum Gasteiger partial charge on any atom is -0.492 e. The zero-order valence-electron chi connectivity index (χ0n) is 47.7. The van der Waals surface area contributed by atoms with Crippen LogP contribution >= 0.6 is 0 Å². The van der Waals surface area contributed by atoms with E-state index in [4.69, 9.17) is 18.9 Å². The van der Waals surface area contributed by atoms with E-state index < -0.39 is 36.2 Å². The van der Waals surface area contributed by atoms with Gasteiger partial charge in [0.1, 0.15) is 47.7 Å². The Labute approximate surface area is 493 Å². The normalized spacial score (nSPS) is 11.3. The van der Waals surface area contributed by atoms with Crippen molar-refractivity contribution in [1.29, 1.82) is 0 Å². The third-order valence-electron chi connectivity index (χ3n) is 12.6. The van der Waals surface area contributed by atoms with E-state index in [1.165, 1.54) is 7.11 Å². The van der Waals surface area contributed by atoms with E-state index in [-0.39, 0.29) is 13.2 Å². The van der Waals surface area contributed by atoms with Crippen LogP contribution in [0, 0.1) is 13.8 Å². The summed E-state index contributed by atoms with van der Waals surface area (Å²) in [7, 11) is -8.79. The Kier molecular flexibility index (Phi) is 22.4. The SMILES string of the molecule is COC(=O)NCCOc1cccc(Oc2ccc(CN(Cc3ccccc3)c3cccc(NS(C)(=O)=O)c3C)cc2)c1.Cc1c(NS(C)(=O)=O)cccc1N(Cc1ccccc1)Cc1ccc(Oc2cccc(OCCNS(C)(=O)=O)c2)cc1. The molecule has 0 unspecified atom stereocenters. The van der Waals surface area contributed by atoms with Crippen LogP contribution in [0.3, 0.4) is 0 Å². The second-order valence-electron chi connectivity index (χ2n) is 19.6. The number of alkyl carbamates (subject to hydrolysis) is 1. The molecule has 0 saturated heterocycles. The van der Waals surface area contributed by atoms with E-state index in [1.54, 1.807) is 36.4 Å². The van der Waals surface area contributed by atoms with E-state index in [0.29, 0.717) is 85.2 Å². The van der Waals surface area contributed by atoms with Crippen molar-refractivity contribution in [2.45, 2.75) is 40.0 Å². The van der Waals surface area contributed by atoms with Crippen LogP contribution in [0.15, 0.2) is 194 Å². The second-order valence-corrected chi connectivity index (χ2v) is 24.9. The predicted octanol–water partition coefficient (Wildman–Crippen LogP) is 11.4. The summed E-state index contributed by atoms with van der Waals surface area (Å²) in [5.41, 5.74) is 9.05. The van der Waals surface area contributed by atoms with Crippen LogP contribution < -0.4 is 48.2 Å². The molecule has 442 valence electrons. The Morgan fingerprint density at radius 3 is 1.17 bits per heavy atom. The van der Waals surface area contributed by atoms with E-state index >= 15 is 0 Å². The van der Waals surface area contributed by atoms with Crippen LogP contribution in [0.25, 0.3) is 0 Å². The number of rotatable bonds is 27. The van der Waals surface area contributed by atoms with Crippen molar-refractivity contribution in [1.82, 2.24) is 10.0 Å². The van der Waals surface area contributed by atoms with Gasteiger partial charge in [0.05, 0.1) is 43.8 Å². The van der Waals surface area contributed by atoms with Crippen molar-refractivity contribution in [2.75, 3.05) is 71.4 Å². The topological polar surface area (TPSA) is 220 Å². The first-order chi connectivity index (χ1) is 40.1. The van der Waals surface area contributed by atoms with Gasteiger partial charge in [0, 0.05) is 56.2 Å². The number of hydrogen-bond donors (Lipinski definition) is 4. The lowest BCUT2D eigenvalue weighted by molar-refractivity contribution is 0.168. The number of benzene rings is 8. The summed E-state index contributed by atoms with van der Waals surface area (Å²) in [5, 5.41) is 2.57. The lowest BCUT2D eigenvalue weighted by Gasteiger charge is -2.28. The monoisotopic (exact) mass is 1200 g/mol. The van der Waals surface area contributed by atoms with Gasteiger partial charge in [-0.05, 0) is 120 Å². The van der Waals surface area contributed by atoms with Crippen molar-refractivity contribution in [2.24, 2.45) is 0 Å². The molecule has 1 amide bonds. The smallest absolute Gasteiger partial charge is 0.406 e. The van der Waals surface area contributed by atoms with Gasteiger partial charge >= 0.3 is 6.09 Å². The number of nitrogens with one attached hydrogen (secondary N) is 4. The van der Waals surface area contributed by atoms with Gasteiger partial charge < -0.3 is 38.8 Å². The number of amides is 1. The molecule has 0 saturated carbocycles. The lowest BCUT2D eigenvalue weighted by Crippen LogP contribution is -2.27. The Balaban J connectivity index is 0.000000241. The molecule has 0 aliphatic carbocycles. The maximum atomic E-state index is 11.9. The molecule has 8 aromatic rings. The lowest BCUT2D eigenvalue weighted by atomic mass is 10.1. The molecule has 21 heteroatoms. The van der Waals surface area contributed by atoms with Crippen LogP contribution in [0.5, 0.6) is 34.5 Å². The largest absolute Gasteiger partial charge is 0.492 e. The molecule has 0 aliphatic rings. The first-order valence-electron chi connectivity index (χ1n) is 26.6. The van der Waals surface area contributed by atoms with Gasteiger partial charge in [0.15, 0.2) is 0 Å². The molecule has 0 aromatic heterocycles. The molecule has 18 nitrogen and oxygen atoms in total. The molecular weight excluding hydrogens is 1130 g/mol. The second kappa shape index (κ2) is 30.0. The fraction of sp³-hybridized carbons (Fsp3) is 0.222. The maximum Gasteiger partial charge on any atom is 0.406 e. The highest BCUT2D eigenvalue weighted by Crippen LogP contribution is 2.33. The molecule has 8 rings (SSSR count). The average Bonchev–Trinajstić information content (AvgIpc) is 3.34. The molecule has 0 atom stereocenters. The van der Waals surface area contributed by atoms with Gasteiger partial charge in [-0.1, -0.05) is 109 Å². The number of nitrogens with zero attached hydrogens (tertiary/aromatic N) is 2. The number of sulfonamides is 3. The minimum absolute atomic E-state index is 0.171. The first-order valence-corrected chi connectivity index (χ1v) is 32.3. The summed E-state index contributed by atoms with van der Waals surface area (Å²) in [4.78, 5) is 15.6. The highest BCUT2D eigenvalue weighted by atomic mass is 32.2.